The Morgan fingerprint density at radius 2 is 2.00 bits per heavy atom. The molecule has 2 aromatic heterocycles. The summed E-state index contributed by atoms with van der Waals surface area (Å²) in [5.74, 6) is 0. The lowest BCUT2D eigenvalue weighted by molar-refractivity contribution is 1.21. The molecule has 2 heterocycles. The lowest BCUT2D eigenvalue weighted by Crippen LogP contribution is -2.00. The normalized spacial score (nSPS) is 10.9. The second-order valence-electron chi connectivity index (χ2n) is 3.27. The van der Waals surface area contributed by atoms with Gasteiger partial charge in [-0.1, -0.05) is 12.1 Å². The van der Waals surface area contributed by atoms with E-state index < -0.39 is 0 Å². The van der Waals surface area contributed by atoms with E-state index >= 15 is 0 Å². The van der Waals surface area contributed by atoms with E-state index in [1.165, 1.54) is 6.20 Å². The third kappa shape index (κ3) is 1.11. The smallest absolute Gasteiger partial charge is 0.279 e. The predicted molar refractivity (Wildman–Crippen MR) is 56.8 cm³/mol. The molecule has 0 aliphatic rings. The van der Waals surface area contributed by atoms with Crippen molar-refractivity contribution >= 4 is 16.4 Å². The van der Waals surface area contributed by atoms with Crippen molar-refractivity contribution < 1.29 is 0 Å². The molecule has 4 nitrogen and oxygen atoms in total. The Hall–Kier alpha value is -2.23. The average molecular weight is 197 g/mol. The van der Waals surface area contributed by atoms with Crippen molar-refractivity contribution in [3.05, 3.63) is 53.3 Å². The standard InChI is InChI=1S/C11H7N3O/c15-11-9-3-1-2-4-10(9)14-7-12-5-8(14)6-13-11/h1-7H. The van der Waals surface area contributed by atoms with Crippen LogP contribution in [0.3, 0.4) is 0 Å². The zero-order valence-corrected chi connectivity index (χ0v) is 7.79. The molecule has 0 radical (unpaired) electrons. The molecule has 0 saturated heterocycles. The van der Waals surface area contributed by atoms with Crippen LogP contribution in [0.5, 0.6) is 0 Å². The number of nitrogens with zero attached hydrogens (tertiary/aromatic N) is 3. The molecule has 0 fully saturated rings. The largest absolute Gasteiger partial charge is 0.297 e. The van der Waals surface area contributed by atoms with E-state index in [0.29, 0.717) is 5.39 Å². The zero-order chi connectivity index (χ0) is 10.3. The number of hydrogen-bond acceptors (Lipinski definition) is 3. The molecule has 3 rings (SSSR count). The van der Waals surface area contributed by atoms with Gasteiger partial charge in [-0.3, -0.25) is 9.20 Å². The summed E-state index contributed by atoms with van der Waals surface area (Å²) in [5, 5.41) is 0.602. The van der Waals surface area contributed by atoms with Crippen molar-refractivity contribution in [2.24, 2.45) is 0 Å². The van der Waals surface area contributed by atoms with Crippen LogP contribution in [0.4, 0.5) is 0 Å². The van der Waals surface area contributed by atoms with Crippen molar-refractivity contribution in [1.82, 2.24) is 14.4 Å². The number of benzene rings is 1. The quantitative estimate of drug-likeness (QED) is 0.544. The molecule has 0 saturated carbocycles. The molecule has 0 spiro atoms. The van der Waals surface area contributed by atoms with E-state index in [4.69, 9.17) is 0 Å². The molecule has 1 aromatic carbocycles. The molecule has 0 bridgehead atoms. The van der Waals surface area contributed by atoms with Crippen molar-refractivity contribution in [2.45, 2.75) is 0 Å². The van der Waals surface area contributed by atoms with Crippen LogP contribution < -0.4 is 5.56 Å². The summed E-state index contributed by atoms with van der Waals surface area (Å²) in [6.45, 7) is 0. The van der Waals surface area contributed by atoms with Gasteiger partial charge in [0.1, 0.15) is 0 Å². The number of para-hydroxylation sites is 1. The van der Waals surface area contributed by atoms with Gasteiger partial charge in [0.05, 0.1) is 35.1 Å². The number of imidazole rings is 1. The van der Waals surface area contributed by atoms with Crippen molar-refractivity contribution in [1.29, 1.82) is 0 Å². The second kappa shape index (κ2) is 2.88. The van der Waals surface area contributed by atoms with Gasteiger partial charge >= 0.3 is 0 Å². The first-order valence-electron chi connectivity index (χ1n) is 4.56. The molecule has 0 atom stereocenters. The van der Waals surface area contributed by atoms with Gasteiger partial charge in [-0.05, 0) is 12.1 Å². The second-order valence-corrected chi connectivity index (χ2v) is 3.27. The lowest BCUT2D eigenvalue weighted by Gasteiger charge is -1.92. The summed E-state index contributed by atoms with van der Waals surface area (Å²) >= 11 is 0. The van der Waals surface area contributed by atoms with E-state index in [-0.39, 0.29) is 5.56 Å². The molecule has 0 aliphatic heterocycles. The lowest BCUT2D eigenvalue weighted by atomic mass is 10.2. The maximum absolute atomic E-state index is 11.6. The molecular formula is C11H7N3O. The Morgan fingerprint density at radius 1 is 1.13 bits per heavy atom. The first-order valence-corrected chi connectivity index (χ1v) is 4.56. The Morgan fingerprint density at radius 3 is 2.93 bits per heavy atom. The summed E-state index contributed by atoms with van der Waals surface area (Å²) in [7, 11) is 0. The highest BCUT2D eigenvalue weighted by molar-refractivity contribution is 5.79. The zero-order valence-electron chi connectivity index (χ0n) is 7.79. The molecule has 0 unspecified atom stereocenters. The van der Waals surface area contributed by atoms with Crippen LogP contribution >= 0.6 is 0 Å². The summed E-state index contributed by atoms with van der Waals surface area (Å²) in [6, 6.07) is 7.37. The van der Waals surface area contributed by atoms with Gasteiger partial charge in [-0.25, -0.2) is 9.97 Å². The van der Waals surface area contributed by atoms with Gasteiger partial charge in [0, 0.05) is 0 Å². The molecule has 0 aliphatic carbocycles. The Balaban J connectivity index is 2.76. The summed E-state index contributed by atoms with van der Waals surface area (Å²) in [5.41, 5.74) is 1.43. The van der Waals surface area contributed by atoms with Crippen LogP contribution in [0.1, 0.15) is 0 Å². The van der Waals surface area contributed by atoms with E-state index in [2.05, 4.69) is 9.97 Å². The van der Waals surface area contributed by atoms with Crippen molar-refractivity contribution in [3.63, 3.8) is 0 Å². The molecule has 3 aromatic rings. The molecule has 72 valence electrons. The Labute approximate surface area is 84.8 Å². The molecular weight excluding hydrogens is 190 g/mol. The van der Waals surface area contributed by atoms with Crippen LogP contribution in [0.25, 0.3) is 16.4 Å². The van der Waals surface area contributed by atoms with Crippen LogP contribution in [-0.2, 0) is 0 Å². The number of aromatic nitrogens is 3. The Bertz CT molecular complexity index is 703. The highest BCUT2D eigenvalue weighted by Crippen LogP contribution is 2.09. The minimum absolute atomic E-state index is 0.214. The first kappa shape index (κ1) is 8.11. The van der Waals surface area contributed by atoms with Gasteiger partial charge in [0.15, 0.2) is 0 Å². The van der Waals surface area contributed by atoms with Crippen LogP contribution in [0, 0.1) is 0 Å². The van der Waals surface area contributed by atoms with Crippen LogP contribution in [-0.4, -0.2) is 14.4 Å². The molecule has 4 heteroatoms. The SMILES string of the molecule is O=c1ncc2cncn2c2ccccc12. The summed E-state index contributed by atoms with van der Waals surface area (Å²) in [6.07, 6.45) is 4.90. The summed E-state index contributed by atoms with van der Waals surface area (Å²) in [4.78, 5) is 19.5. The van der Waals surface area contributed by atoms with Gasteiger partial charge in [-0.2, -0.15) is 0 Å². The minimum atomic E-state index is -0.214. The van der Waals surface area contributed by atoms with Crippen molar-refractivity contribution in [2.75, 3.05) is 0 Å². The number of fused-ring (bicyclic) bond motifs is 3. The number of hydrogen-bond donors (Lipinski definition) is 0. The van der Waals surface area contributed by atoms with Crippen molar-refractivity contribution in [3.8, 4) is 0 Å². The fraction of sp³-hybridized carbons (Fsp3) is 0. The highest BCUT2D eigenvalue weighted by atomic mass is 16.1. The topological polar surface area (TPSA) is 47.3 Å². The average Bonchev–Trinajstić information content (AvgIpc) is 2.69. The van der Waals surface area contributed by atoms with Gasteiger partial charge in [0.2, 0.25) is 0 Å². The molecule has 0 amide bonds. The predicted octanol–water partition coefficient (Wildman–Crippen LogP) is 1.24. The van der Waals surface area contributed by atoms with Gasteiger partial charge < -0.3 is 0 Å². The van der Waals surface area contributed by atoms with E-state index in [9.17, 15) is 4.79 Å². The molecule has 15 heavy (non-hydrogen) atoms. The van der Waals surface area contributed by atoms with E-state index in [1.54, 1.807) is 18.6 Å². The third-order valence-electron chi connectivity index (χ3n) is 2.38. The fourth-order valence-electron chi connectivity index (χ4n) is 1.66. The number of rotatable bonds is 0. The fourth-order valence-corrected chi connectivity index (χ4v) is 1.66. The first-order chi connectivity index (χ1) is 7.36. The van der Waals surface area contributed by atoms with Gasteiger partial charge in [0.25, 0.3) is 5.56 Å². The maximum atomic E-state index is 11.6. The van der Waals surface area contributed by atoms with E-state index in [0.717, 1.165) is 11.0 Å². The Kier molecular flexibility index (Phi) is 1.56. The monoisotopic (exact) mass is 197 g/mol. The third-order valence-corrected chi connectivity index (χ3v) is 2.38. The van der Waals surface area contributed by atoms with Crippen LogP contribution in [0.2, 0.25) is 0 Å². The maximum Gasteiger partial charge on any atom is 0.279 e. The summed E-state index contributed by atoms with van der Waals surface area (Å²) < 4.78 is 1.85. The molecule has 0 N–H and O–H groups in total. The highest BCUT2D eigenvalue weighted by Gasteiger charge is 2.00. The van der Waals surface area contributed by atoms with E-state index in [1.807, 2.05) is 22.6 Å². The van der Waals surface area contributed by atoms with Crippen LogP contribution in [0.15, 0.2) is 47.8 Å². The minimum Gasteiger partial charge on any atom is -0.297 e. The van der Waals surface area contributed by atoms with Gasteiger partial charge in [-0.15, -0.1) is 0 Å².